The number of nitrogens with one attached hydrogen (secondary N) is 2. The summed E-state index contributed by atoms with van der Waals surface area (Å²) in [5.41, 5.74) is 1.61. The predicted octanol–water partition coefficient (Wildman–Crippen LogP) is 2.55. The van der Waals surface area contributed by atoms with E-state index in [9.17, 15) is 14.4 Å². The molecule has 0 atom stereocenters. The molecule has 7 heteroatoms. The second kappa shape index (κ2) is 7.96. The van der Waals surface area contributed by atoms with Crippen molar-refractivity contribution < 1.29 is 23.9 Å². The molecule has 130 valence electrons. The summed E-state index contributed by atoms with van der Waals surface area (Å²) in [5, 5.41) is 5.61. The number of rotatable bonds is 5. The fraction of sp³-hybridized carbons (Fsp3) is 0.167. The summed E-state index contributed by atoms with van der Waals surface area (Å²) in [6.45, 7) is 0. The summed E-state index contributed by atoms with van der Waals surface area (Å²) >= 11 is 0. The SMILES string of the molecule is CNc1ccccc1C(=O)Nc1cc(C(=O)OC)cc(C(=O)OC)c1. The van der Waals surface area contributed by atoms with E-state index in [2.05, 4.69) is 20.1 Å². The van der Waals surface area contributed by atoms with Crippen molar-refractivity contribution in [2.75, 3.05) is 31.9 Å². The first-order valence-electron chi connectivity index (χ1n) is 7.40. The number of hydrogen-bond acceptors (Lipinski definition) is 6. The average molecular weight is 342 g/mol. The quantitative estimate of drug-likeness (QED) is 0.811. The Morgan fingerprint density at radius 3 is 1.96 bits per heavy atom. The number of carbonyl (C=O) groups is 3. The van der Waals surface area contributed by atoms with Gasteiger partial charge in [0.25, 0.3) is 5.91 Å². The Labute approximate surface area is 144 Å². The molecule has 2 aromatic rings. The van der Waals surface area contributed by atoms with Gasteiger partial charge >= 0.3 is 11.9 Å². The van der Waals surface area contributed by atoms with E-state index in [1.807, 2.05) is 0 Å². The Bertz CT molecular complexity index is 783. The molecule has 0 unspecified atom stereocenters. The van der Waals surface area contributed by atoms with Crippen molar-refractivity contribution in [3.8, 4) is 0 Å². The van der Waals surface area contributed by atoms with Crippen molar-refractivity contribution >= 4 is 29.2 Å². The van der Waals surface area contributed by atoms with Crippen LogP contribution in [-0.2, 0) is 9.47 Å². The summed E-state index contributed by atoms with van der Waals surface area (Å²) in [6, 6.07) is 11.2. The van der Waals surface area contributed by atoms with E-state index in [-0.39, 0.29) is 22.7 Å². The summed E-state index contributed by atoms with van der Waals surface area (Å²) in [5.74, 6) is -1.64. The zero-order valence-corrected chi connectivity index (χ0v) is 14.1. The molecule has 7 nitrogen and oxygen atoms in total. The smallest absolute Gasteiger partial charge is 0.337 e. The normalized spacial score (nSPS) is 9.88. The lowest BCUT2D eigenvalue weighted by atomic mass is 10.1. The molecule has 0 saturated carbocycles. The summed E-state index contributed by atoms with van der Waals surface area (Å²) < 4.78 is 9.34. The molecule has 0 heterocycles. The third kappa shape index (κ3) is 4.14. The van der Waals surface area contributed by atoms with Gasteiger partial charge in [0.2, 0.25) is 0 Å². The van der Waals surface area contributed by atoms with Crippen LogP contribution in [0.3, 0.4) is 0 Å². The molecule has 0 aliphatic heterocycles. The third-order valence-electron chi connectivity index (χ3n) is 3.47. The van der Waals surface area contributed by atoms with E-state index in [0.717, 1.165) is 0 Å². The molecule has 0 aromatic heterocycles. The highest BCUT2D eigenvalue weighted by molar-refractivity contribution is 6.09. The van der Waals surface area contributed by atoms with Gasteiger partial charge in [-0.1, -0.05) is 12.1 Å². The van der Waals surface area contributed by atoms with Gasteiger partial charge in [-0.3, -0.25) is 4.79 Å². The van der Waals surface area contributed by atoms with Gasteiger partial charge in [0.1, 0.15) is 0 Å². The van der Waals surface area contributed by atoms with E-state index in [1.54, 1.807) is 31.3 Å². The van der Waals surface area contributed by atoms with E-state index in [4.69, 9.17) is 0 Å². The number of carbonyl (C=O) groups excluding carboxylic acids is 3. The largest absolute Gasteiger partial charge is 0.465 e. The van der Waals surface area contributed by atoms with E-state index in [1.165, 1.54) is 32.4 Å². The Kier molecular flexibility index (Phi) is 5.73. The van der Waals surface area contributed by atoms with Crippen LogP contribution in [0.5, 0.6) is 0 Å². The summed E-state index contributed by atoms with van der Waals surface area (Å²) in [6.07, 6.45) is 0. The number of ether oxygens (including phenoxy) is 2. The first-order valence-corrected chi connectivity index (χ1v) is 7.40. The Balaban J connectivity index is 2.39. The van der Waals surface area contributed by atoms with Crippen LogP contribution in [0, 0.1) is 0 Å². The minimum Gasteiger partial charge on any atom is -0.465 e. The maximum atomic E-state index is 12.5. The van der Waals surface area contributed by atoms with Crippen molar-refractivity contribution in [1.82, 2.24) is 0 Å². The van der Waals surface area contributed by atoms with Crippen LogP contribution in [0.25, 0.3) is 0 Å². The molecule has 1 amide bonds. The van der Waals surface area contributed by atoms with Gasteiger partial charge in [-0.25, -0.2) is 9.59 Å². The number of para-hydroxylation sites is 1. The second-order valence-corrected chi connectivity index (χ2v) is 5.03. The minimum atomic E-state index is -0.628. The van der Waals surface area contributed by atoms with Crippen LogP contribution in [0.15, 0.2) is 42.5 Å². The van der Waals surface area contributed by atoms with Gasteiger partial charge in [-0.05, 0) is 30.3 Å². The van der Waals surface area contributed by atoms with Crippen molar-refractivity contribution in [1.29, 1.82) is 0 Å². The molecule has 0 radical (unpaired) electrons. The number of amides is 1. The molecule has 0 fully saturated rings. The van der Waals surface area contributed by atoms with Crippen LogP contribution >= 0.6 is 0 Å². The van der Waals surface area contributed by atoms with Crippen LogP contribution in [0.4, 0.5) is 11.4 Å². The predicted molar refractivity (Wildman–Crippen MR) is 93.1 cm³/mol. The maximum Gasteiger partial charge on any atom is 0.337 e. The van der Waals surface area contributed by atoms with Gasteiger partial charge in [0.05, 0.1) is 30.9 Å². The topological polar surface area (TPSA) is 93.7 Å². The monoisotopic (exact) mass is 342 g/mol. The van der Waals surface area contributed by atoms with E-state index < -0.39 is 11.9 Å². The number of esters is 2. The average Bonchev–Trinajstić information content (AvgIpc) is 2.66. The highest BCUT2D eigenvalue weighted by Crippen LogP contribution is 2.20. The second-order valence-electron chi connectivity index (χ2n) is 5.03. The highest BCUT2D eigenvalue weighted by Gasteiger charge is 2.16. The van der Waals surface area contributed by atoms with Crippen molar-refractivity contribution in [3.63, 3.8) is 0 Å². The molecule has 2 aromatic carbocycles. The minimum absolute atomic E-state index is 0.127. The summed E-state index contributed by atoms with van der Waals surface area (Å²) in [7, 11) is 4.17. The first-order chi connectivity index (χ1) is 12.0. The highest BCUT2D eigenvalue weighted by atomic mass is 16.5. The van der Waals surface area contributed by atoms with Crippen LogP contribution in [-0.4, -0.2) is 39.1 Å². The molecule has 0 bridgehead atoms. The van der Waals surface area contributed by atoms with Crippen molar-refractivity contribution in [3.05, 3.63) is 59.2 Å². The molecular formula is C18H18N2O5. The van der Waals surface area contributed by atoms with Gasteiger partial charge in [-0.15, -0.1) is 0 Å². The number of hydrogen-bond donors (Lipinski definition) is 2. The summed E-state index contributed by atoms with van der Waals surface area (Å²) in [4.78, 5) is 36.1. The molecule has 0 spiro atoms. The molecule has 0 aliphatic rings. The lowest BCUT2D eigenvalue weighted by Gasteiger charge is -2.11. The van der Waals surface area contributed by atoms with Gasteiger partial charge in [0.15, 0.2) is 0 Å². The number of benzene rings is 2. The Morgan fingerprint density at radius 1 is 0.880 bits per heavy atom. The van der Waals surface area contributed by atoms with Gasteiger partial charge < -0.3 is 20.1 Å². The maximum absolute atomic E-state index is 12.5. The van der Waals surface area contributed by atoms with Crippen molar-refractivity contribution in [2.45, 2.75) is 0 Å². The molecule has 0 aliphatic carbocycles. The molecular weight excluding hydrogens is 324 g/mol. The Morgan fingerprint density at radius 2 is 1.44 bits per heavy atom. The standard InChI is InChI=1S/C18H18N2O5/c1-19-15-7-5-4-6-14(15)16(21)20-13-9-11(17(22)24-2)8-12(10-13)18(23)25-3/h4-10,19H,1-3H3,(H,20,21). The van der Waals surface area contributed by atoms with E-state index in [0.29, 0.717) is 11.3 Å². The van der Waals surface area contributed by atoms with Gasteiger partial charge in [-0.2, -0.15) is 0 Å². The van der Waals surface area contributed by atoms with Crippen LogP contribution in [0.1, 0.15) is 31.1 Å². The lowest BCUT2D eigenvalue weighted by molar-refractivity contribution is 0.0599. The molecule has 0 saturated heterocycles. The van der Waals surface area contributed by atoms with E-state index >= 15 is 0 Å². The number of anilines is 2. The first kappa shape index (κ1) is 18.0. The Hall–Kier alpha value is -3.35. The fourth-order valence-corrected chi connectivity index (χ4v) is 2.27. The molecule has 2 N–H and O–H groups in total. The van der Waals surface area contributed by atoms with Crippen molar-refractivity contribution in [2.24, 2.45) is 0 Å². The third-order valence-corrected chi connectivity index (χ3v) is 3.47. The fourth-order valence-electron chi connectivity index (χ4n) is 2.27. The van der Waals surface area contributed by atoms with Gasteiger partial charge in [0, 0.05) is 18.4 Å². The van der Waals surface area contributed by atoms with Crippen LogP contribution in [0.2, 0.25) is 0 Å². The zero-order chi connectivity index (χ0) is 18.4. The lowest BCUT2D eigenvalue weighted by Crippen LogP contribution is -2.15. The molecule has 2 rings (SSSR count). The zero-order valence-electron chi connectivity index (χ0n) is 14.1. The molecule has 25 heavy (non-hydrogen) atoms. The van der Waals surface area contributed by atoms with Crippen LogP contribution < -0.4 is 10.6 Å². The number of methoxy groups -OCH3 is 2.